The molecule has 1 amide bonds. The molecule has 0 aromatic heterocycles. The van der Waals surface area contributed by atoms with Crippen LogP contribution < -0.4 is 14.8 Å². The summed E-state index contributed by atoms with van der Waals surface area (Å²) >= 11 is 0. The van der Waals surface area contributed by atoms with Crippen molar-refractivity contribution in [1.29, 1.82) is 0 Å². The predicted octanol–water partition coefficient (Wildman–Crippen LogP) is 5.54. The summed E-state index contributed by atoms with van der Waals surface area (Å²) in [6.45, 7) is 8.28. The summed E-state index contributed by atoms with van der Waals surface area (Å²) < 4.78 is 11.3. The third-order valence-corrected chi connectivity index (χ3v) is 5.19. The molecule has 0 aliphatic rings. The maximum atomic E-state index is 12.5. The van der Waals surface area contributed by atoms with Crippen LogP contribution in [0.3, 0.4) is 0 Å². The molecule has 3 aromatic rings. The van der Waals surface area contributed by atoms with Gasteiger partial charge in [0.15, 0.2) is 6.61 Å². The van der Waals surface area contributed by atoms with E-state index in [4.69, 9.17) is 9.47 Å². The second kappa shape index (κ2) is 8.99. The number of benzene rings is 3. The Hall–Kier alpha value is -3.01. The second-order valence-electron chi connectivity index (χ2n) is 7.66. The molecule has 1 unspecified atom stereocenters. The lowest BCUT2D eigenvalue weighted by Gasteiger charge is -2.21. The van der Waals surface area contributed by atoms with E-state index in [0.29, 0.717) is 11.7 Å². The molecule has 1 N–H and O–H groups in total. The highest BCUT2D eigenvalue weighted by molar-refractivity contribution is 5.88. The zero-order valence-corrected chi connectivity index (χ0v) is 17.8. The molecule has 4 nitrogen and oxygen atoms in total. The fourth-order valence-corrected chi connectivity index (χ4v) is 3.64. The number of fused-ring (bicyclic) bond motifs is 1. The zero-order chi connectivity index (χ0) is 21.0. The molecule has 29 heavy (non-hydrogen) atoms. The number of hydrogen-bond donors (Lipinski definition) is 1. The van der Waals surface area contributed by atoms with Gasteiger partial charge in [-0.05, 0) is 60.0 Å². The van der Waals surface area contributed by atoms with Crippen LogP contribution in [0.2, 0.25) is 0 Å². The number of ether oxygens (including phenoxy) is 2. The fraction of sp³-hybridized carbons (Fsp3) is 0.320. The Balaban J connectivity index is 1.70. The first-order valence-electron chi connectivity index (χ1n) is 9.99. The topological polar surface area (TPSA) is 47.6 Å². The minimum atomic E-state index is -0.147. The van der Waals surface area contributed by atoms with Crippen LogP contribution in [0, 0.1) is 6.92 Å². The summed E-state index contributed by atoms with van der Waals surface area (Å²) in [6, 6.07) is 17.9. The number of carbonyl (C=O) groups excluding carboxylic acids is 1. The molecule has 0 bridgehead atoms. The van der Waals surface area contributed by atoms with Crippen molar-refractivity contribution < 1.29 is 14.3 Å². The lowest BCUT2D eigenvalue weighted by Crippen LogP contribution is -2.31. The van der Waals surface area contributed by atoms with Crippen molar-refractivity contribution in [2.24, 2.45) is 0 Å². The van der Waals surface area contributed by atoms with Crippen molar-refractivity contribution in [2.75, 3.05) is 13.7 Å². The van der Waals surface area contributed by atoms with E-state index >= 15 is 0 Å². The van der Waals surface area contributed by atoms with Crippen LogP contribution in [-0.4, -0.2) is 19.6 Å². The summed E-state index contributed by atoms with van der Waals surface area (Å²) in [5, 5.41) is 5.15. The van der Waals surface area contributed by atoms with E-state index in [0.717, 1.165) is 33.2 Å². The zero-order valence-electron chi connectivity index (χ0n) is 17.8. The van der Waals surface area contributed by atoms with Crippen LogP contribution in [0.15, 0.2) is 54.6 Å². The Morgan fingerprint density at radius 1 is 0.966 bits per heavy atom. The normalized spacial score (nSPS) is 12.1. The third-order valence-electron chi connectivity index (χ3n) is 5.19. The molecule has 0 saturated carbocycles. The molecule has 3 rings (SSSR count). The summed E-state index contributed by atoms with van der Waals surface area (Å²) in [7, 11) is 1.69. The third kappa shape index (κ3) is 4.70. The molecule has 152 valence electrons. The number of hydrogen-bond acceptors (Lipinski definition) is 3. The molecule has 1 atom stereocenters. The van der Waals surface area contributed by atoms with Gasteiger partial charge in [0.2, 0.25) is 0 Å². The van der Waals surface area contributed by atoms with Gasteiger partial charge in [0, 0.05) is 5.39 Å². The molecule has 0 spiro atoms. The van der Waals surface area contributed by atoms with Crippen molar-refractivity contribution in [2.45, 2.75) is 39.7 Å². The lowest BCUT2D eigenvalue weighted by molar-refractivity contribution is -0.123. The Kier molecular flexibility index (Phi) is 6.42. The Labute approximate surface area is 172 Å². The molecule has 0 aliphatic carbocycles. The van der Waals surface area contributed by atoms with Crippen LogP contribution in [0.1, 0.15) is 49.4 Å². The van der Waals surface area contributed by atoms with Crippen molar-refractivity contribution in [3.05, 3.63) is 71.3 Å². The predicted molar refractivity (Wildman–Crippen MR) is 118 cm³/mol. The molecule has 4 heteroatoms. The van der Waals surface area contributed by atoms with Crippen molar-refractivity contribution in [3.63, 3.8) is 0 Å². The Bertz CT molecular complexity index is 1000. The van der Waals surface area contributed by atoms with Gasteiger partial charge in [-0.25, -0.2) is 0 Å². The first-order valence-corrected chi connectivity index (χ1v) is 9.99. The van der Waals surface area contributed by atoms with Gasteiger partial charge in [0.25, 0.3) is 5.91 Å². The van der Waals surface area contributed by atoms with E-state index in [9.17, 15) is 4.79 Å². The number of rotatable bonds is 7. The van der Waals surface area contributed by atoms with Crippen molar-refractivity contribution in [1.82, 2.24) is 5.32 Å². The molecule has 0 fully saturated rings. The maximum Gasteiger partial charge on any atom is 0.258 e. The van der Waals surface area contributed by atoms with Gasteiger partial charge >= 0.3 is 0 Å². The molecule has 0 radical (unpaired) electrons. The highest BCUT2D eigenvalue weighted by Gasteiger charge is 2.17. The second-order valence-corrected chi connectivity index (χ2v) is 7.66. The van der Waals surface area contributed by atoms with Crippen LogP contribution in [0.5, 0.6) is 11.5 Å². The minimum absolute atomic E-state index is 0.0232. The van der Waals surface area contributed by atoms with E-state index in [-0.39, 0.29) is 18.6 Å². The number of nitrogens with one attached hydrogen (secondary N) is 1. The summed E-state index contributed by atoms with van der Waals surface area (Å²) in [4.78, 5) is 12.5. The smallest absolute Gasteiger partial charge is 0.258 e. The van der Waals surface area contributed by atoms with Crippen LogP contribution in [0.25, 0.3) is 10.8 Å². The van der Waals surface area contributed by atoms with Gasteiger partial charge in [-0.1, -0.05) is 50.2 Å². The van der Waals surface area contributed by atoms with Crippen molar-refractivity contribution >= 4 is 16.7 Å². The van der Waals surface area contributed by atoms with Gasteiger partial charge in [-0.15, -0.1) is 0 Å². The van der Waals surface area contributed by atoms with Crippen molar-refractivity contribution in [3.8, 4) is 11.5 Å². The minimum Gasteiger partial charge on any atom is -0.496 e. The molecule has 0 saturated heterocycles. The SMILES string of the molecule is COc1cc(C)c(C(C)NC(=O)COc2cccc3ccccc23)cc1C(C)C. The summed E-state index contributed by atoms with van der Waals surface area (Å²) in [6.07, 6.45) is 0. The lowest BCUT2D eigenvalue weighted by atomic mass is 9.93. The first-order chi connectivity index (χ1) is 13.9. The number of amides is 1. The Morgan fingerprint density at radius 2 is 1.69 bits per heavy atom. The highest BCUT2D eigenvalue weighted by Crippen LogP contribution is 2.32. The number of carbonyl (C=O) groups is 1. The van der Waals surface area contributed by atoms with E-state index in [1.54, 1.807) is 7.11 Å². The monoisotopic (exact) mass is 391 g/mol. The van der Waals surface area contributed by atoms with Crippen LogP contribution in [-0.2, 0) is 4.79 Å². The summed E-state index contributed by atoms with van der Waals surface area (Å²) in [5.74, 6) is 1.79. The Morgan fingerprint density at radius 3 is 2.41 bits per heavy atom. The van der Waals surface area contributed by atoms with Gasteiger partial charge in [-0.2, -0.15) is 0 Å². The largest absolute Gasteiger partial charge is 0.496 e. The van der Waals surface area contributed by atoms with Gasteiger partial charge in [0.05, 0.1) is 13.2 Å². The van der Waals surface area contributed by atoms with Gasteiger partial charge in [0.1, 0.15) is 11.5 Å². The quantitative estimate of drug-likeness (QED) is 0.575. The van der Waals surface area contributed by atoms with Crippen LogP contribution in [0.4, 0.5) is 0 Å². The standard InChI is InChI=1S/C25H29NO3/c1-16(2)21-14-22(17(3)13-24(21)28-5)18(4)26-25(27)15-29-23-12-8-10-19-9-6-7-11-20(19)23/h6-14,16,18H,15H2,1-5H3,(H,26,27). The number of methoxy groups -OCH3 is 1. The van der Waals surface area contributed by atoms with Gasteiger partial charge in [-0.3, -0.25) is 4.79 Å². The molecular formula is C25H29NO3. The highest BCUT2D eigenvalue weighted by atomic mass is 16.5. The van der Waals surface area contributed by atoms with E-state index in [2.05, 4.69) is 25.2 Å². The van der Waals surface area contributed by atoms with Crippen LogP contribution >= 0.6 is 0 Å². The van der Waals surface area contributed by atoms with E-state index in [1.165, 1.54) is 0 Å². The fourth-order valence-electron chi connectivity index (χ4n) is 3.64. The van der Waals surface area contributed by atoms with Gasteiger partial charge < -0.3 is 14.8 Å². The van der Waals surface area contributed by atoms with E-state index < -0.39 is 0 Å². The molecule has 0 heterocycles. The number of aryl methyl sites for hydroxylation is 1. The first kappa shape index (κ1) is 20.7. The molecule has 3 aromatic carbocycles. The average molecular weight is 392 g/mol. The molecule has 0 aliphatic heterocycles. The summed E-state index contributed by atoms with van der Waals surface area (Å²) in [5.41, 5.74) is 3.32. The molecular weight excluding hydrogens is 362 g/mol. The average Bonchev–Trinajstić information content (AvgIpc) is 2.71. The maximum absolute atomic E-state index is 12.5. The van der Waals surface area contributed by atoms with E-state index in [1.807, 2.05) is 62.4 Å².